The van der Waals surface area contributed by atoms with Gasteiger partial charge >= 0.3 is 0 Å². The van der Waals surface area contributed by atoms with Gasteiger partial charge in [0.1, 0.15) is 12.4 Å². The molecule has 0 saturated carbocycles. The predicted octanol–water partition coefficient (Wildman–Crippen LogP) is 4.15. The molecule has 1 amide bonds. The first-order valence-electron chi connectivity index (χ1n) is 9.23. The topological polar surface area (TPSA) is 106 Å². The van der Waals surface area contributed by atoms with Gasteiger partial charge in [0.15, 0.2) is 17.3 Å². The fourth-order valence-corrected chi connectivity index (χ4v) is 3.32. The smallest absolute Gasteiger partial charge is 0.255 e. The summed E-state index contributed by atoms with van der Waals surface area (Å²) in [5.41, 5.74) is 4.08. The van der Waals surface area contributed by atoms with E-state index < -0.39 is 0 Å². The van der Waals surface area contributed by atoms with Crippen LogP contribution in [-0.4, -0.2) is 33.1 Å². The van der Waals surface area contributed by atoms with E-state index in [-0.39, 0.29) is 11.7 Å². The molecule has 0 saturated heterocycles. The minimum atomic E-state index is -0.335. The number of aromatic hydroxyl groups is 1. The number of thiazole rings is 1. The van der Waals surface area contributed by atoms with Gasteiger partial charge in [0.05, 0.1) is 36.4 Å². The van der Waals surface area contributed by atoms with E-state index in [4.69, 9.17) is 9.47 Å². The molecule has 0 unspecified atom stereocenters. The first kappa shape index (κ1) is 20.3. The number of methoxy groups -OCH3 is 1. The Kier molecular flexibility index (Phi) is 6.04. The molecule has 0 radical (unpaired) electrons. The molecule has 2 heterocycles. The molecule has 0 aliphatic carbocycles. The van der Waals surface area contributed by atoms with Gasteiger partial charge in [-0.3, -0.25) is 4.79 Å². The van der Waals surface area contributed by atoms with Gasteiger partial charge < -0.3 is 19.9 Å². The number of aromatic nitrogens is 3. The van der Waals surface area contributed by atoms with Crippen molar-refractivity contribution in [2.24, 2.45) is 0 Å². The van der Waals surface area contributed by atoms with Crippen molar-refractivity contribution < 1.29 is 19.4 Å². The lowest BCUT2D eigenvalue weighted by Crippen LogP contribution is -2.12. The van der Waals surface area contributed by atoms with E-state index in [1.165, 1.54) is 30.8 Å². The van der Waals surface area contributed by atoms with Crippen LogP contribution in [0.4, 0.5) is 5.69 Å². The maximum Gasteiger partial charge on any atom is 0.255 e. The second-order valence-corrected chi connectivity index (χ2v) is 7.15. The van der Waals surface area contributed by atoms with Gasteiger partial charge in [0.2, 0.25) is 0 Å². The average molecular weight is 434 g/mol. The molecule has 2 N–H and O–H groups in total. The molecule has 8 nitrogen and oxygen atoms in total. The van der Waals surface area contributed by atoms with Crippen LogP contribution in [0, 0.1) is 0 Å². The Bertz CT molecular complexity index is 1180. The first-order valence-corrected chi connectivity index (χ1v) is 10.2. The highest BCUT2D eigenvalue weighted by molar-refractivity contribution is 7.07. The Morgan fingerprint density at radius 3 is 2.65 bits per heavy atom. The third kappa shape index (κ3) is 4.96. The summed E-state index contributed by atoms with van der Waals surface area (Å²) in [4.78, 5) is 25.3. The standard InChI is InChI=1S/C22H18N4O4S/c1-29-20-8-15(5-6-19(20)30-11-17-12-31-13-25-17)22(28)26-16-9-23-21(24-10-16)14-3-2-4-18(27)7-14/h2-10,12-13,27H,11H2,1H3,(H,26,28). The van der Waals surface area contributed by atoms with Crippen LogP contribution in [0.25, 0.3) is 11.4 Å². The second-order valence-electron chi connectivity index (χ2n) is 6.43. The quantitative estimate of drug-likeness (QED) is 0.450. The minimum Gasteiger partial charge on any atom is -0.508 e. The molecule has 0 atom stereocenters. The van der Waals surface area contributed by atoms with E-state index in [1.54, 1.807) is 48.0 Å². The van der Waals surface area contributed by atoms with Crippen molar-refractivity contribution in [3.05, 3.63) is 77.0 Å². The number of anilines is 1. The van der Waals surface area contributed by atoms with Crippen LogP contribution >= 0.6 is 11.3 Å². The normalized spacial score (nSPS) is 10.5. The highest BCUT2D eigenvalue weighted by Crippen LogP contribution is 2.29. The number of nitrogens with one attached hydrogen (secondary N) is 1. The van der Waals surface area contributed by atoms with Gasteiger partial charge in [0, 0.05) is 16.5 Å². The molecular weight excluding hydrogens is 416 g/mol. The highest BCUT2D eigenvalue weighted by atomic mass is 32.1. The van der Waals surface area contributed by atoms with Gasteiger partial charge in [-0.2, -0.15) is 0 Å². The fraction of sp³-hybridized carbons (Fsp3) is 0.0909. The first-order chi connectivity index (χ1) is 15.1. The van der Waals surface area contributed by atoms with E-state index in [2.05, 4.69) is 20.3 Å². The van der Waals surface area contributed by atoms with Crippen molar-refractivity contribution in [2.75, 3.05) is 12.4 Å². The summed E-state index contributed by atoms with van der Waals surface area (Å²) in [6.45, 7) is 0.314. The number of hydrogen-bond donors (Lipinski definition) is 2. The molecule has 4 aromatic rings. The Balaban J connectivity index is 1.44. The second kappa shape index (κ2) is 9.23. The Hall–Kier alpha value is -3.98. The number of rotatable bonds is 7. The minimum absolute atomic E-state index is 0.131. The lowest BCUT2D eigenvalue weighted by molar-refractivity contribution is 0.102. The van der Waals surface area contributed by atoms with Gasteiger partial charge in [-0.15, -0.1) is 11.3 Å². The van der Waals surface area contributed by atoms with Crippen molar-refractivity contribution >= 4 is 22.9 Å². The number of benzene rings is 2. The maximum atomic E-state index is 12.6. The average Bonchev–Trinajstić information content (AvgIpc) is 3.32. The largest absolute Gasteiger partial charge is 0.508 e. The summed E-state index contributed by atoms with van der Waals surface area (Å²) < 4.78 is 11.1. The van der Waals surface area contributed by atoms with Crippen LogP contribution in [-0.2, 0) is 6.61 Å². The molecule has 156 valence electrons. The van der Waals surface area contributed by atoms with E-state index in [9.17, 15) is 9.90 Å². The number of phenolic OH excluding ortho intramolecular Hbond substituents is 1. The molecule has 0 aliphatic heterocycles. The van der Waals surface area contributed by atoms with Crippen LogP contribution in [0.3, 0.4) is 0 Å². The Morgan fingerprint density at radius 2 is 1.94 bits per heavy atom. The molecule has 0 fully saturated rings. The molecule has 2 aromatic heterocycles. The third-order valence-electron chi connectivity index (χ3n) is 4.30. The lowest BCUT2D eigenvalue weighted by Gasteiger charge is -2.12. The molecular formula is C22H18N4O4S. The number of phenols is 1. The molecule has 9 heteroatoms. The number of ether oxygens (including phenoxy) is 2. The summed E-state index contributed by atoms with van der Waals surface area (Å²) in [6, 6.07) is 11.6. The maximum absolute atomic E-state index is 12.6. The SMILES string of the molecule is COc1cc(C(=O)Nc2cnc(-c3cccc(O)c3)nc2)ccc1OCc1cscn1. The van der Waals surface area contributed by atoms with Crippen LogP contribution in [0.2, 0.25) is 0 Å². The summed E-state index contributed by atoms with van der Waals surface area (Å²) >= 11 is 1.50. The van der Waals surface area contributed by atoms with E-state index in [0.717, 1.165) is 5.69 Å². The van der Waals surface area contributed by atoms with E-state index in [1.807, 2.05) is 5.38 Å². The summed E-state index contributed by atoms with van der Waals surface area (Å²) in [5, 5.41) is 14.2. The zero-order valence-electron chi connectivity index (χ0n) is 16.5. The summed E-state index contributed by atoms with van der Waals surface area (Å²) in [7, 11) is 1.51. The zero-order chi connectivity index (χ0) is 21.6. The lowest BCUT2D eigenvalue weighted by atomic mass is 10.2. The number of nitrogens with zero attached hydrogens (tertiary/aromatic N) is 3. The number of amides is 1. The van der Waals surface area contributed by atoms with Gasteiger partial charge in [0.25, 0.3) is 5.91 Å². The van der Waals surface area contributed by atoms with Crippen LogP contribution < -0.4 is 14.8 Å². The van der Waals surface area contributed by atoms with Crippen molar-refractivity contribution in [1.82, 2.24) is 15.0 Å². The Morgan fingerprint density at radius 1 is 1.10 bits per heavy atom. The summed E-state index contributed by atoms with van der Waals surface area (Å²) in [6.07, 6.45) is 3.01. The molecule has 0 aliphatic rings. The third-order valence-corrected chi connectivity index (χ3v) is 4.93. The molecule has 0 spiro atoms. The fourth-order valence-electron chi connectivity index (χ4n) is 2.78. The van der Waals surface area contributed by atoms with Crippen molar-refractivity contribution in [3.8, 4) is 28.6 Å². The van der Waals surface area contributed by atoms with E-state index in [0.29, 0.717) is 40.7 Å². The predicted molar refractivity (Wildman–Crippen MR) is 117 cm³/mol. The molecule has 0 bridgehead atoms. The van der Waals surface area contributed by atoms with Crippen molar-refractivity contribution in [1.29, 1.82) is 0 Å². The van der Waals surface area contributed by atoms with Gasteiger partial charge in [-0.25, -0.2) is 15.0 Å². The number of hydrogen-bond acceptors (Lipinski definition) is 8. The van der Waals surface area contributed by atoms with Crippen molar-refractivity contribution in [3.63, 3.8) is 0 Å². The molecule has 31 heavy (non-hydrogen) atoms. The number of carbonyl (C=O) groups excluding carboxylic acids is 1. The van der Waals surface area contributed by atoms with Gasteiger partial charge in [-0.1, -0.05) is 12.1 Å². The molecule has 4 rings (SSSR count). The molecule has 2 aromatic carbocycles. The highest BCUT2D eigenvalue weighted by Gasteiger charge is 2.13. The van der Waals surface area contributed by atoms with Crippen LogP contribution in [0.5, 0.6) is 17.2 Å². The van der Waals surface area contributed by atoms with E-state index >= 15 is 0 Å². The Labute approximate surface area is 182 Å². The summed E-state index contributed by atoms with van der Waals surface area (Å²) in [5.74, 6) is 1.20. The monoisotopic (exact) mass is 434 g/mol. The zero-order valence-corrected chi connectivity index (χ0v) is 17.3. The number of carbonyl (C=O) groups is 1. The van der Waals surface area contributed by atoms with Crippen LogP contribution in [0.1, 0.15) is 16.1 Å². The van der Waals surface area contributed by atoms with Gasteiger partial charge in [-0.05, 0) is 30.3 Å². The van der Waals surface area contributed by atoms with Crippen LogP contribution in [0.15, 0.2) is 65.7 Å². The van der Waals surface area contributed by atoms with Crippen molar-refractivity contribution in [2.45, 2.75) is 6.61 Å².